The fourth-order valence-corrected chi connectivity index (χ4v) is 9.13. The molecule has 0 spiro atoms. The molecule has 2 aliphatic heterocycles. The lowest BCUT2D eigenvalue weighted by molar-refractivity contribution is 0.101. The molecule has 1 unspecified atom stereocenters. The summed E-state index contributed by atoms with van der Waals surface area (Å²) in [5.74, 6) is -0.362. The maximum atomic E-state index is 12.7. The van der Waals surface area contributed by atoms with Gasteiger partial charge in [-0.3, -0.25) is 13.8 Å². The molecule has 0 bridgehead atoms. The smallest absolute Gasteiger partial charge is 0.255 e. The van der Waals surface area contributed by atoms with Crippen LogP contribution in [0.15, 0.2) is 156 Å². The molecule has 2 aromatic heterocycles. The van der Waals surface area contributed by atoms with Crippen molar-refractivity contribution in [1.82, 2.24) is 9.97 Å². The zero-order valence-corrected chi connectivity index (χ0v) is 32.9. The molecule has 2 aliphatic rings. The zero-order chi connectivity index (χ0) is 39.6. The second-order valence-electron chi connectivity index (χ2n) is 13.6. The van der Waals surface area contributed by atoms with Crippen molar-refractivity contribution in [3.8, 4) is 0 Å². The highest BCUT2D eigenvalue weighted by atomic mass is 32.2. The van der Waals surface area contributed by atoms with E-state index >= 15 is 0 Å². The van der Waals surface area contributed by atoms with Gasteiger partial charge in [0.1, 0.15) is 5.03 Å². The molecule has 6 N–H and O–H groups in total. The van der Waals surface area contributed by atoms with E-state index in [-0.39, 0.29) is 17.1 Å². The molecule has 3 atom stereocenters. The van der Waals surface area contributed by atoms with Gasteiger partial charge in [0, 0.05) is 66.3 Å². The van der Waals surface area contributed by atoms with Crippen molar-refractivity contribution < 1.29 is 13.8 Å². The van der Waals surface area contributed by atoms with Crippen LogP contribution in [0.3, 0.4) is 0 Å². The van der Waals surface area contributed by atoms with Gasteiger partial charge in [-0.2, -0.15) is 0 Å². The van der Waals surface area contributed by atoms with Crippen LogP contribution in [0.2, 0.25) is 0 Å². The fourth-order valence-electron chi connectivity index (χ4n) is 6.68. The molecule has 2 saturated heterocycles. The number of hydrogen-bond acceptors (Lipinski definition) is 10. The second-order valence-corrected chi connectivity index (χ2v) is 16.6. The Kier molecular flexibility index (Phi) is 12.8. The molecule has 2 amide bonds. The summed E-state index contributed by atoms with van der Waals surface area (Å²) < 4.78 is 12.7. The van der Waals surface area contributed by atoms with E-state index in [0.29, 0.717) is 50.7 Å². The summed E-state index contributed by atoms with van der Waals surface area (Å²) in [6.45, 7) is 3.52. The van der Waals surface area contributed by atoms with Gasteiger partial charge in [-0.15, -0.1) is 11.8 Å². The van der Waals surface area contributed by atoms with Crippen LogP contribution >= 0.6 is 11.8 Å². The number of hydrogen-bond donors (Lipinski definition) is 4. The van der Waals surface area contributed by atoms with Gasteiger partial charge in [-0.25, -0.2) is 9.97 Å². The van der Waals surface area contributed by atoms with Crippen LogP contribution in [0.1, 0.15) is 33.6 Å². The molecule has 13 heteroatoms. The van der Waals surface area contributed by atoms with Gasteiger partial charge in [-0.05, 0) is 110 Å². The number of carbonyl (C=O) groups excluding carboxylic acids is 2. The predicted octanol–water partition coefficient (Wildman–Crippen LogP) is 7.59. The molecule has 290 valence electrons. The van der Waals surface area contributed by atoms with Crippen LogP contribution in [0.5, 0.6) is 0 Å². The van der Waals surface area contributed by atoms with Crippen LogP contribution in [0, 0.1) is 0 Å². The number of nitrogens with one attached hydrogen (secondary N) is 2. The summed E-state index contributed by atoms with van der Waals surface area (Å²) in [5, 5.41) is 7.97. The molecular formula is C44H44N8O3S2. The van der Waals surface area contributed by atoms with Gasteiger partial charge in [0.05, 0.1) is 43.8 Å². The molecule has 6 aromatic rings. The van der Waals surface area contributed by atoms with Crippen LogP contribution in [-0.4, -0.2) is 62.7 Å². The van der Waals surface area contributed by atoms with E-state index in [1.165, 1.54) is 0 Å². The molecule has 0 aliphatic carbocycles. The molecule has 2 fully saturated rings. The van der Waals surface area contributed by atoms with E-state index < -0.39 is 10.8 Å². The SMILES string of the molecule is Nc1ccccc1NC(=O)c1ccc(N2CC[C@H](S(=O)c3ccccn3)C2)cc1.Nc1ccccc1NC(=O)c1ccc(N2CC[C@H](Sc3ccccn3)C2)cc1. The van der Waals surface area contributed by atoms with Crippen molar-refractivity contribution >= 4 is 68.5 Å². The van der Waals surface area contributed by atoms with Gasteiger partial charge >= 0.3 is 0 Å². The molecule has 4 aromatic carbocycles. The second kappa shape index (κ2) is 18.6. The van der Waals surface area contributed by atoms with Crippen LogP contribution in [-0.2, 0) is 10.8 Å². The summed E-state index contributed by atoms with van der Waals surface area (Å²) in [7, 11) is -1.12. The van der Waals surface area contributed by atoms with E-state index in [0.717, 1.165) is 48.9 Å². The van der Waals surface area contributed by atoms with E-state index in [1.807, 2.05) is 109 Å². The molecule has 4 heterocycles. The number of para-hydroxylation sites is 4. The van der Waals surface area contributed by atoms with Crippen LogP contribution in [0.25, 0.3) is 0 Å². The van der Waals surface area contributed by atoms with Gasteiger partial charge in [0.25, 0.3) is 11.8 Å². The lowest BCUT2D eigenvalue weighted by Gasteiger charge is -2.19. The van der Waals surface area contributed by atoms with Crippen LogP contribution < -0.4 is 31.9 Å². The number of aromatic nitrogens is 2. The highest BCUT2D eigenvalue weighted by Crippen LogP contribution is 2.31. The minimum absolute atomic E-state index is 0.0499. The van der Waals surface area contributed by atoms with Gasteiger partial charge in [-0.1, -0.05) is 36.4 Å². The number of pyridine rings is 2. The number of benzene rings is 4. The summed E-state index contributed by atoms with van der Waals surface area (Å²) in [5.41, 5.74) is 17.4. The summed E-state index contributed by atoms with van der Waals surface area (Å²) >= 11 is 1.83. The Bertz CT molecular complexity index is 2300. The highest BCUT2D eigenvalue weighted by molar-refractivity contribution is 7.99. The molecular weight excluding hydrogens is 753 g/mol. The summed E-state index contributed by atoms with van der Waals surface area (Å²) in [4.78, 5) is 38.1. The standard InChI is InChI=1S/C22H22N4O2S.C22H22N4OS/c23-19-5-1-2-6-20(19)25-22(27)16-8-10-17(11-9-16)26-14-12-18(15-26)29(28)21-7-3-4-13-24-21;23-19-5-1-2-6-20(19)25-22(27)16-8-10-17(11-9-16)26-14-12-18(15-26)28-21-7-3-4-13-24-21/h1-11,13,18H,12,14-15,23H2,(H,25,27);1-11,13,18H,12,14-15,23H2,(H,25,27)/t18-,29?;18-/m00/s1. The quantitative estimate of drug-likeness (QED) is 0.102. The third-order valence-electron chi connectivity index (χ3n) is 9.77. The maximum absolute atomic E-state index is 12.7. The van der Waals surface area contributed by atoms with E-state index in [9.17, 15) is 13.8 Å². The molecule has 8 rings (SSSR count). The third kappa shape index (κ3) is 10.2. The monoisotopic (exact) mass is 796 g/mol. The number of thioether (sulfide) groups is 1. The minimum Gasteiger partial charge on any atom is -0.397 e. The Morgan fingerprint density at radius 2 is 1.12 bits per heavy atom. The lowest BCUT2D eigenvalue weighted by atomic mass is 10.1. The number of rotatable bonds is 10. The van der Waals surface area contributed by atoms with Crippen molar-refractivity contribution in [3.63, 3.8) is 0 Å². The summed E-state index contributed by atoms with van der Waals surface area (Å²) in [6, 6.07) is 41.1. The van der Waals surface area contributed by atoms with E-state index in [2.05, 4.69) is 36.5 Å². The van der Waals surface area contributed by atoms with E-state index in [4.69, 9.17) is 11.5 Å². The lowest BCUT2D eigenvalue weighted by Crippen LogP contribution is -2.24. The van der Waals surface area contributed by atoms with Gasteiger partial charge in [0.2, 0.25) is 0 Å². The van der Waals surface area contributed by atoms with Crippen molar-refractivity contribution in [2.24, 2.45) is 0 Å². The van der Waals surface area contributed by atoms with Crippen molar-refractivity contribution in [2.45, 2.75) is 33.4 Å². The Hall–Kier alpha value is -6.18. The molecule has 0 radical (unpaired) electrons. The first-order chi connectivity index (χ1) is 27.8. The number of amides is 2. The molecule has 11 nitrogen and oxygen atoms in total. The number of anilines is 6. The van der Waals surface area contributed by atoms with Crippen molar-refractivity contribution in [1.29, 1.82) is 0 Å². The number of carbonyl (C=O) groups is 2. The first-order valence-corrected chi connectivity index (χ1v) is 20.8. The molecule has 0 saturated carbocycles. The number of nitrogens with zero attached hydrogens (tertiary/aromatic N) is 4. The third-order valence-corrected chi connectivity index (χ3v) is 12.6. The Morgan fingerprint density at radius 1 is 0.614 bits per heavy atom. The largest absolute Gasteiger partial charge is 0.397 e. The summed E-state index contributed by atoms with van der Waals surface area (Å²) in [6.07, 6.45) is 5.48. The molecule has 57 heavy (non-hydrogen) atoms. The van der Waals surface area contributed by atoms with Crippen LogP contribution in [0.4, 0.5) is 34.1 Å². The predicted molar refractivity (Wildman–Crippen MR) is 232 cm³/mol. The zero-order valence-electron chi connectivity index (χ0n) is 31.2. The first-order valence-electron chi connectivity index (χ1n) is 18.7. The topological polar surface area (TPSA) is 160 Å². The van der Waals surface area contributed by atoms with Crippen molar-refractivity contribution in [2.75, 3.05) is 58.1 Å². The number of nitrogens with two attached hydrogens (primary N) is 2. The first kappa shape index (κ1) is 39.1. The highest BCUT2D eigenvalue weighted by Gasteiger charge is 2.29. The Labute approximate surface area is 339 Å². The van der Waals surface area contributed by atoms with E-state index in [1.54, 1.807) is 42.6 Å². The average molecular weight is 797 g/mol. The Balaban J connectivity index is 0.000000174. The minimum atomic E-state index is -1.12. The van der Waals surface area contributed by atoms with Gasteiger partial charge < -0.3 is 31.9 Å². The fraction of sp³-hybridized carbons (Fsp3) is 0.182. The average Bonchev–Trinajstić information content (AvgIpc) is 3.94. The van der Waals surface area contributed by atoms with Gasteiger partial charge in [0.15, 0.2) is 0 Å². The van der Waals surface area contributed by atoms with Crippen molar-refractivity contribution in [3.05, 3.63) is 157 Å². The Morgan fingerprint density at radius 3 is 1.65 bits per heavy atom. The normalized spacial score (nSPS) is 16.6. The maximum Gasteiger partial charge on any atom is 0.255 e. The number of nitrogen functional groups attached to an aromatic ring is 2.